The Balaban J connectivity index is 2.33. The number of rotatable bonds is 6. The van der Waals surface area contributed by atoms with Crippen LogP contribution >= 0.6 is 15.9 Å². The number of sulfonamides is 1. The van der Waals surface area contributed by atoms with Crippen molar-refractivity contribution in [3.63, 3.8) is 0 Å². The minimum atomic E-state index is -4.09. The van der Waals surface area contributed by atoms with Crippen LogP contribution in [-0.4, -0.2) is 26.0 Å². The third-order valence-electron chi connectivity index (χ3n) is 3.87. The SMILES string of the molecule is CCC1(CNS(=O)(=O)c2cc(Br)cc(C(=O)O)c2F)CC1. The third kappa shape index (κ3) is 3.44. The Morgan fingerprint density at radius 3 is 2.57 bits per heavy atom. The second kappa shape index (κ2) is 5.66. The second-order valence-corrected chi connectivity index (χ2v) is 7.90. The number of hydrogen-bond donors (Lipinski definition) is 2. The van der Waals surface area contributed by atoms with Gasteiger partial charge in [-0.25, -0.2) is 22.3 Å². The van der Waals surface area contributed by atoms with Crippen LogP contribution in [0.15, 0.2) is 21.5 Å². The van der Waals surface area contributed by atoms with Crippen LogP contribution in [0.1, 0.15) is 36.5 Å². The number of carboxylic acid groups (broad SMARTS) is 1. The van der Waals surface area contributed by atoms with Gasteiger partial charge in [-0.1, -0.05) is 22.9 Å². The highest BCUT2D eigenvalue weighted by Crippen LogP contribution is 2.48. The summed E-state index contributed by atoms with van der Waals surface area (Å²) in [6.45, 7) is 2.21. The van der Waals surface area contributed by atoms with Gasteiger partial charge in [-0.2, -0.15) is 0 Å². The zero-order valence-corrected chi connectivity index (χ0v) is 13.7. The van der Waals surface area contributed by atoms with E-state index >= 15 is 0 Å². The summed E-state index contributed by atoms with van der Waals surface area (Å²) < 4.78 is 41.1. The van der Waals surface area contributed by atoms with Crippen molar-refractivity contribution in [3.05, 3.63) is 28.0 Å². The van der Waals surface area contributed by atoms with Crippen LogP contribution in [0.25, 0.3) is 0 Å². The summed E-state index contributed by atoms with van der Waals surface area (Å²) in [6, 6.07) is 2.10. The van der Waals surface area contributed by atoms with Gasteiger partial charge in [0, 0.05) is 11.0 Å². The molecular weight excluding hydrogens is 365 g/mol. The van der Waals surface area contributed by atoms with E-state index in [1.807, 2.05) is 6.92 Å². The molecule has 5 nitrogen and oxygen atoms in total. The van der Waals surface area contributed by atoms with E-state index in [-0.39, 0.29) is 16.4 Å². The van der Waals surface area contributed by atoms with Gasteiger partial charge in [0.1, 0.15) is 4.90 Å². The normalized spacial score (nSPS) is 16.7. The van der Waals surface area contributed by atoms with Crippen molar-refractivity contribution in [1.29, 1.82) is 0 Å². The van der Waals surface area contributed by atoms with E-state index in [2.05, 4.69) is 20.7 Å². The topological polar surface area (TPSA) is 83.5 Å². The molecule has 0 aliphatic heterocycles. The molecule has 0 radical (unpaired) electrons. The molecule has 1 saturated carbocycles. The van der Waals surface area contributed by atoms with E-state index in [0.29, 0.717) is 0 Å². The molecule has 116 valence electrons. The van der Waals surface area contributed by atoms with Gasteiger partial charge in [0.15, 0.2) is 5.82 Å². The minimum Gasteiger partial charge on any atom is -0.478 e. The summed E-state index contributed by atoms with van der Waals surface area (Å²) in [4.78, 5) is 10.3. The fraction of sp³-hybridized carbons (Fsp3) is 0.462. The fourth-order valence-corrected chi connectivity index (χ4v) is 3.96. The summed E-state index contributed by atoms with van der Waals surface area (Å²) in [7, 11) is -4.09. The molecule has 2 rings (SSSR count). The van der Waals surface area contributed by atoms with Crippen LogP contribution in [-0.2, 0) is 10.0 Å². The molecule has 1 aliphatic carbocycles. The molecule has 0 heterocycles. The molecule has 0 aromatic heterocycles. The van der Waals surface area contributed by atoms with Gasteiger partial charge in [-0.3, -0.25) is 0 Å². The Bertz CT molecular complexity index is 686. The second-order valence-electron chi connectivity index (χ2n) is 5.25. The number of carboxylic acids is 1. The quantitative estimate of drug-likeness (QED) is 0.795. The molecule has 21 heavy (non-hydrogen) atoms. The predicted molar refractivity (Wildman–Crippen MR) is 78.2 cm³/mol. The Hall–Kier alpha value is -0.990. The lowest BCUT2D eigenvalue weighted by molar-refractivity contribution is 0.0691. The smallest absolute Gasteiger partial charge is 0.338 e. The Labute approximate surface area is 130 Å². The first-order valence-corrected chi connectivity index (χ1v) is 8.70. The summed E-state index contributed by atoms with van der Waals surface area (Å²) in [6.07, 6.45) is 2.72. The maximum absolute atomic E-state index is 14.1. The van der Waals surface area contributed by atoms with E-state index in [4.69, 9.17) is 5.11 Å². The maximum Gasteiger partial charge on any atom is 0.338 e. The molecular formula is C13H15BrFNO4S. The van der Waals surface area contributed by atoms with Gasteiger partial charge >= 0.3 is 5.97 Å². The van der Waals surface area contributed by atoms with Crippen LogP contribution in [0.3, 0.4) is 0 Å². The molecule has 8 heteroatoms. The first-order valence-electron chi connectivity index (χ1n) is 6.43. The van der Waals surface area contributed by atoms with Gasteiger partial charge in [0.25, 0.3) is 0 Å². The summed E-state index contributed by atoms with van der Waals surface area (Å²) in [5, 5.41) is 8.91. The van der Waals surface area contributed by atoms with Gasteiger partial charge < -0.3 is 5.11 Å². The number of hydrogen-bond acceptors (Lipinski definition) is 3. The molecule has 0 atom stereocenters. The summed E-state index contributed by atoms with van der Waals surface area (Å²) in [5.41, 5.74) is -0.716. The van der Waals surface area contributed by atoms with Crippen molar-refractivity contribution in [2.75, 3.05) is 6.54 Å². The van der Waals surface area contributed by atoms with Gasteiger partial charge in [-0.05, 0) is 36.8 Å². The van der Waals surface area contributed by atoms with E-state index in [1.165, 1.54) is 0 Å². The Kier molecular flexibility index (Phi) is 4.41. The number of carbonyl (C=O) groups is 1. The zero-order chi connectivity index (χ0) is 15.8. The summed E-state index contributed by atoms with van der Waals surface area (Å²) >= 11 is 3.00. The minimum absolute atomic E-state index is 0.0365. The fourth-order valence-electron chi connectivity index (χ4n) is 2.07. The maximum atomic E-state index is 14.1. The molecule has 0 amide bonds. The van der Waals surface area contributed by atoms with Gasteiger partial charge in [0.2, 0.25) is 10.0 Å². The van der Waals surface area contributed by atoms with Crippen LogP contribution in [0.2, 0.25) is 0 Å². The summed E-state index contributed by atoms with van der Waals surface area (Å²) in [5.74, 6) is -2.77. The molecule has 0 bridgehead atoms. The lowest BCUT2D eigenvalue weighted by Gasteiger charge is -2.14. The molecule has 0 spiro atoms. The molecule has 1 aromatic rings. The van der Waals surface area contributed by atoms with Crippen molar-refractivity contribution in [2.45, 2.75) is 31.1 Å². The van der Waals surface area contributed by atoms with E-state index in [1.54, 1.807) is 0 Å². The third-order valence-corrected chi connectivity index (χ3v) is 5.73. The van der Waals surface area contributed by atoms with Gasteiger partial charge in [-0.15, -0.1) is 0 Å². The lowest BCUT2D eigenvalue weighted by Crippen LogP contribution is -2.31. The highest BCUT2D eigenvalue weighted by atomic mass is 79.9. The lowest BCUT2D eigenvalue weighted by atomic mass is 10.1. The molecule has 2 N–H and O–H groups in total. The van der Waals surface area contributed by atoms with Crippen LogP contribution in [0, 0.1) is 11.2 Å². The molecule has 1 aliphatic rings. The number of aromatic carboxylic acids is 1. The molecule has 1 fully saturated rings. The van der Waals surface area contributed by atoms with Crippen molar-refractivity contribution in [3.8, 4) is 0 Å². The average Bonchev–Trinajstić information content (AvgIpc) is 3.19. The van der Waals surface area contributed by atoms with Crippen molar-refractivity contribution in [1.82, 2.24) is 4.72 Å². The van der Waals surface area contributed by atoms with Crippen molar-refractivity contribution < 1.29 is 22.7 Å². The van der Waals surface area contributed by atoms with E-state index < -0.39 is 32.3 Å². The molecule has 0 unspecified atom stereocenters. The number of halogens is 2. The average molecular weight is 380 g/mol. The first kappa shape index (κ1) is 16.4. The number of nitrogens with one attached hydrogen (secondary N) is 1. The van der Waals surface area contributed by atoms with Crippen LogP contribution in [0.4, 0.5) is 4.39 Å². The monoisotopic (exact) mass is 379 g/mol. The largest absolute Gasteiger partial charge is 0.478 e. The van der Waals surface area contributed by atoms with Crippen molar-refractivity contribution >= 4 is 31.9 Å². The first-order chi connectivity index (χ1) is 9.71. The number of benzene rings is 1. The highest BCUT2D eigenvalue weighted by molar-refractivity contribution is 9.10. The van der Waals surface area contributed by atoms with Crippen LogP contribution < -0.4 is 4.72 Å². The Morgan fingerprint density at radius 1 is 1.48 bits per heavy atom. The standard InChI is InChI=1S/C13H15BrFNO4S/c1-2-13(3-4-13)7-16-21(19,20)10-6-8(14)5-9(11(10)15)12(17)18/h5-6,16H,2-4,7H2,1H3,(H,17,18). The van der Waals surface area contributed by atoms with Crippen molar-refractivity contribution in [2.24, 2.45) is 5.41 Å². The zero-order valence-electron chi connectivity index (χ0n) is 11.3. The van der Waals surface area contributed by atoms with Gasteiger partial charge in [0.05, 0.1) is 5.56 Å². The van der Waals surface area contributed by atoms with Crippen LogP contribution in [0.5, 0.6) is 0 Å². The molecule has 0 saturated heterocycles. The van der Waals surface area contributed by atoms with E-state index in [0.717, 1.165) is 31.4 Å². The molecule has 1 aromatic carbocycles. The highest BCUT2D eigenvalue weighted by Gasteiger charge is 2.41. The predicted octanol–water partition coefficient (Wildman–Crippen LogP) is 2.75. The van der Waals surface area contributed by atoms with E-state index in [9.17, 15) is 17.6 Å². The Morgan fingerprint density at radius 2 is 2.10 bits per heavy atom.